The third-order valence-corrected chi connectivity index (χ3v) is 8.23. The largest absolute Gasteiger partial charge is 0.465 e. The van der Waals surface area contributed by atoms with E-state index in [1.807, 2.05) is 66.7 Å². The summed E-state index contributed by atoms with van der Waals surface area (Å²) in [6.45, 7) is 3.48. The minimum atomic E-state index is -0.659. The van der Waals surface area contributed by atoms with Crippen molar-refractivity contribution in [2.24, 2.45) is 0 Å². The molecular weight excluding hydrogens is 558 g/mol. The highest BCUT2D eigenvalue weighted by molar-refractivity contribution is 7.99. The van der Waals surface area contributed by atoms with Crippen LogP contribution in [0.4, 0.5) is 5.00 Å². The van der Waals surface area contributed by atoms with Gasteiger partial charge in [-0.15, -0.1) is 23.1 Å². The van der Waals surface area contributed by atoms with Gasteiger partial charge in [0.2, 0.25) is 5.91 Å². The SMILES string of the molecule is CCOC(=O)c1sc(NC(=O)CCSc2nc(-c3ccccc3)cc(-c3ccccc3)c2C#N)c(C(=O)OC)c1C. The van der Waals surface area contributed by atoms with Crippen molar-refractivity contribution >= 4 is 45.9 Å². The number of ether oxygens (including phenoxy) is 2. The van der Waals surface area contributed by atoms with E-state index in [0.29, 0.717) is 21.9 Å². The second-order valence-corrected chi connectivity index (χ2v) is 10.8. The van der Waals surface area contributed by atoms with Crippen LogP contribution in [-0.4, -0.2) is 42.3 Å². The maximum Gasteiger partial charge on any atom is 0.348 e. The molecule has 0 aliphatic heterocycles. The topological polar surface area (TPSA) is 118 Å². The molecule has 2 heterocycles. The van der Waals surface area contributed by atoms with Gasteiger partial charge >= 0.3 is 11.9 Å². The number of nitrogens with one attached hydrogen (secondary N) is 1. The maximum absolute atomic E-state index is 12.9. The number of pyridine rings is 1. The number of esters is 2. The van der Waals surface area contributed by atoms with Crippen molar-refractivity contribution in [3.8, 4) is 28.5 Å². The lowest BCUT2D eigenvalue weighted by Crippen LogP contribution is -2.14. The van der Waals surface area contributed by atoms with E-state index in [1.165, 1.54) is 18.9 Å². The summed E-state index contributed by atoms with van der Waals surface area (Å²) in [5.41, 5.74) is 4.23. The molecule has 10 heteroatoms. The summed E-state index contributed by atoms with van der Waals surface area (Å²) in [5.74, 6) is -1.27. The molecule has 2 aromatic carbocycles. The number of benzene rings is 2. The van der Waals surface area contributed by atoms with Crippen LogP contribution in [0.3, 0.4) is 0 Å². The molecule has 4 aromatic rings. The highest BCUT2D eigenvalue weighted by Crippen LogP contribution is 2.36. The first-order valence-corrected chi connectivity index (χ1v) is 14.6. The van der Waals surface area contributed by atoms with Crippen molar-refractivity contribution in [2.75, 3.05) is 24.8 Å². The molecule has 0 saturated carbocycles. The molecule has 0 bridgehead atoms. The Balaban J connectivity index is 1.57. The van der Waals surface area contributed by atoms with Gasteiger partial charge in [0.25, 0.3) is 0 Å². The van der Waals surface area contributed by atoms with Crippen LogP contribution in [0.5, 0.6) is 0 Å². The molecule has 1 N–H and O–H groups in total. The highest BCUT2D eigenvalue weighted by atomic mass is 32.2. The van der Waals surface area contributed by atoms with Crippen molar-refractivity contribution in [3.63, 3.8) is 0 Å². The average molecular weight is 586 g/mol. The van der Waals surface area contributed by atoms with Gasteiger partial charge < -0.3 is 14.8 Å². The van der Waals surface area contributed by atoms with E-state index in [4.69, 9.17) is 14.5 Å². The monoisotopic (exact) mass is 585 g/mol. The number of anilines is 1. The van der Waals surface area contributed by atoms with Crippen LogP contribution < -0.4 is 5.32 Å². The van der Waals surface area contributed by atoms with Gasteiger partial charge in [0.15, 0.2) is 0 Å². The van der Waals surface area contributed by atoms with Gasteiger partial charge in [0.1, 0.15) is 21.0 Å². The fourth-order valence-corrected chi connectivity index (χ4v) is 6.16. The van der Waals surface area contributed by atoms with Gasteiger partial charge in [-0.05, 0) is 31.0 Å². The summed E-state index contributed by atoms with van der Waals surface area (Å²) in [6, 6.07) is 23.5. The van der Waals surface area contributed by atoms with Crippen LogP contribution in [0, 0.1) is 18.3 Å². The maximum atomic E-state index is 12.9. The quantitative estimate of drug-likeness (QED) is 0.161. The molecule has 41 heavy (non-hydrogen) atoms. The number of amides is 1. The van der Waals surface area contributed by atoms with Crippen molar-refractivity contribution in [2.45, 2.75) is 25.3 Å². The van der Waals surface area contributed by atoms with Crippen LogP contribution >= 0.6 is 23.1 Å². The van der Waals surface area contributed by atoms with Crippen LogP contribution in [0.1, 0.15) is 44.5 Å². The molecule has 4 rings (SSSR count). The zero-order valence-corrected chi connectivity index (χ0v) is 24.4. The zero-order valence-electron chi connectivity index (χ0n) is 22.7. The predicted molar refractivity (Wildman–Crippen MR) is 160 cm³/mol. The molecule has 2 aromatic heterocycles. The third kappa shape index (κ3) is 6.82. The van der Waals surface area contributed by atoms with E-state index < -0.39 is 11.9 Å². The summed E-state index contributed by atoms with van der Waals surface area (Å²) < 4.78 is 9.96. The van der Waals surface area contributed by atoms with Gasteiger partial charge in [0, 0.05) is 23.3 Å². The number of methoxy groups -OCH3 is 1. The van der Waals surface area contributed by atoms with Crippen molar-refractivity contribution in [3.05, 3.63) is 88.3 Å². The molecule has 208 valence electrons. The Morgan fingerprint density at radius 3 is 2.29 bits per heavy atom. The third-order valence-electron chi connectivity index (χ3n) is 6.07. The van der Waals surface area contributed by atoms with Gasteiger partial charge in [-0.3, -0.25) is 4.79 Å². The molecule has 0 aliphatic carbocycles. The van der Waals surface area contributed by atoms with E-state index in [-0.39, 0.29) is 34.4 Å². The van der Waals surface area contributed by atoms with Crippen LogP contribution in [0.2, 0.25) is 0 Å². The Hall–Kier alpha value is -4.46. The lowest BCUT2D eigenvalue weighted by atomic mass is 9.99. The minimum Gasteiger partial charge on any atom is -0.465 e. The molecule has 0 spiro atoms. The number of hydrogen-bond donors (Lipinski definition) is 1. The molecule has 0 radical (unpaired) electrons. The lowest BCUT2D eigenvalue weighted by Gasteiger charge is -2.12. The van der Waals surface area contributed by atoms with E-state index in [1.54, 1.807) is 13.8 Å². The standard InChI is InChI=1S/C31H27N3O5S2/c1-4-39-31(37)27-19(2)26(30(36)38-3)29(41-27)34-25(35)15-16-40-28-23(18-32)22(20-11-7-5-8-12-20)17-24(33-28)21-13-9-6-10-14-21/h5-14,17H,4,15-16H2,1-3H3,(H,34,35). The van der Waals surface area contributed by atoms with Crippen molar-refractivity contribution < 1.29 is 23.9 Å². The number of carbonyl (C=O) groups is 3. The molecule has 0 fully saturated rings. The number of thioether (sulfide) groups is 1. The number of thiophene rings is 1. The Bertz CT molecular complexity index is 1610. The molecule has 0 unspecified atom stereocenters. The smallest absolute Gasteiger partial charge is 0.348 e. The van der Waals surface area contributed by atoms with Crippen molar-refractivity contribution in [1.82, 2.24) is 4.98 Å². The fraction of sp³-hybridized carbons (Fsp3) is 0.194. The zero-order chi connectivity index (χ0) is 29.4. The number of hydrogen-bond acceptors (Lipinski definition) is 9. The Morgan fingerprint density at radius 1 is 1.02 bits per heavy atom. The normalized spacial score (nSPS) is 10.5. The number of nitriles is 1. The molecule has 8 nitrogen and oxygen atoms in total. The summed E-state index contributed by atoms with van der Waals surface area (Å²) in [4.78, 5) is 42.7. The molecular formula is C31H27N3O5S2. The average Bonchev–Trinajstić information content (AvgIpc) is 3.32. The van der Waals surface area contributed by atoms with Gasteiger partial charge in [-0.2, -0.15) is 5.26 Å². The summed E-state index contributed by atoms with van der Waals surface area (Å²) in [6.07, 6.45) is 0.0692. The molecule has 0 saturated heterocycles. The lowest BCUT2D eigenvalue weighted by molar-refractivity contribution is -0.115. The summed E-state index contributed by atoms with van der Waals surface area (Å²) in [5, 5.41) is 13.6. The molecule has 1 amide bonds. The fourth-order valence-electron chi connectivity index (χ4n) is 4.11. The van der Waals surface area contributed by atoms with Gasteiger partial charge in [-0.1, -0.05) is 60.7 Å². The van der Waals surface area contributed by atoms with E-state index in [0.717, 1.165) is 33.7 Å². The molecule has 0 aliphatic rings. The summed E-state index contributed by atoms with van der Waals surface area (Å²) in [7, 11) is 1.23. The van der Waals surface area contributed by atoms with Crippen molar-refractivity contribution in [1.29, 1.82) is 5.26 Å². The number of carbonyl (C=O) groups excluding carboxylic acids is 3. The number of rotatable bonds is 10. The van der Waals surface area contributed by atoms with Gasteiger partial charge in [0.05, 0.1) is 30.5 Å². The van der Waals surface area contributed by atoms with Crippen LogP contribution in [-0.2, 0) is 14.3 Å². The number of nitrogens with zero attached hydrogens (tertiary/aromatic N) is 2. The van der Waals surface area contributed by atoms with E-state index >= 15 is 0 Å². The number of aromatic nitrogens is 1. The molecule has 0 atom stereocenters. The van der Waals surface area contributed by atoms with E-state index in [9.17, 15) is 19.6 Å². The van der Waals surface area contributed by atoms with Gasteiger partial charge in [-0.25, -0.2) is 14.6 Å². The first-order chi connectivity index (χ1) is 19.9. The summed E-state index contributed by atoms with van der Waals surface area (Å²) >= 11 is 2.28. The first kappa shape index (κ1) is 29.5. The van der Waals surface area contributed by atoms with E-state index in [2.05, 4.69) is 11.4 Å². The van der Waals surface area contributed by atoms with Crippen LogP contribution in [0.25, 0.3) is 22.4 Å². The minimum absolute atomic E-state index is 0.0692. The first-order valence-electron chi connectivity index (χ1n) is 12.7. The van der Waals surface area contributed by atoms with Crippen LogP contribution in [0.15, 0.2) is 71.8 Å². The Labute approximate surface area is 246 Å². The second-order valence-electron chi connectivity index (χ2n) is 8.70. The second kappa shape index (κ2) is 13.7. The predicted octanol–water partition coefficient (Wildman–Crippen LogP) is 6.74. The highest BCUT2D eigenvalue weighted by Gasteiger charge is 2.27. The Kier molecular flexibility index (Phi) is 9.90. The Morgan fingerprint density at radius 2 is 1.68 bits per heavy atom.